The van der Waals surface area contributed by atoms with Gasteiger partial charge in [0.15, 0.2) is 0 Å². The molecule has 82 valence electrons. The number of amides is 1. The van der Waals surface area contributed by atoms with E-state index in [-0.39, 0.29) is 5.91 Å². The van der Waals surface area contributed by atoms with Gasteiger partial charge in [-0.2, -0.15) is 0 Å². The van der Waals surface area contributed by atoms with Crippen molar-refractivity contribution in [2.24, 2.45) is 11.7 Å². The van der Waals surface area contributed by atoms with Crippen LogP contribution in [0.1, 0.15) is 12.1 Å². The summed E-state index contributed by atoms with van der Waals surface area (Å²) >= 11 is 1.59. The summed E-state index contributed by atoms with van der Waals surface area (Å²) in [7, 11) is 0. The predicted molar refractivity (Wildman–Crippen MR) is 59.6 cm³/mol. The number of carbonyl (C=O) groups is 1. The number of nitrogens with two attached hydrogens (primary N) is 1. The molecular weight excluding hydrogens is 210 g/mol. The molecule has 1 aromatic rings. The first-order valence-electron chi connectivity index (χ1n) is 5.14. The molecule has 1 aromatic heterocycles. The van der Waals surface area contributed by atoms with Gasteiger partial charge in [-0.3, -0.25) is 4.79 Å². The number of aromatic nitrogens is 1. The number of likely N-dealkylation sites (tertiary alicyclic amines) is 1. The maximum Gasteiger partial charge on any atom is 0.222 e. The average Bonchev–Trinajstić information content (AvgIpc) is 2.84. The van der Waals surface area contributed by atoms with E-state index < -0.39 is 0 Å². The van der Waals surface area contributed by atoms with Crippen LogP contribution in [-0.2, 0) is 11.2 Å². The molecule has 1 amide bonds. The number of hydrogen-bond donors (Lipinski definition) is 1. The van der Waals surface area contributed by atoms with Gasteiger partial charge >= 0.3 is 0 Å². The molecule has 15 heavy (non-hydrogen) atoms. The van der Waals surface area contributed by atoms with Gasteiger partial charge in [0.1, 0.15) is 0 Å². The van der Waals surface area contributed by atoms with E-state index in [2.05, 4.69) is 4.98 Å². The quantitative estimate of drug-likeness (QED) is 0.811. The fourth-order valence-corrected chi connectivity index (χ4v) is 2.43. The Hall–Kier alpha value is -0.940. The number of rotatable bonds is 4. The smallest absolute Gasteiger partial charge is 0.222 e. The normalized spacial score (nSPS) is 21.3. The topological polar surface area (TPSA) is 59.2 Å². The first-order chi connectivity index (χ1) is 7.29. The molecule has 0 bridgehead atoms. The molecule has 2 rings (SSSR count). The second kappa shape index (κ2) is 4.72. The molecule has 0 radical (unpaired) electrons. The number of thiazole rings is 1. The molecule has 1 saturated heterocycles. The molecular formula is C10H15N3OS. The lowest BCUT2D eigenvalue weighted by Crippen LogP contribution is -2.28. The lowest BCUT2D eigenvalue weighted by molar-refractivity contribution is -0.127. The van der Waals surface area contributed by atoms with E-state index in [4.69, 9.17) is 5.73 Å². The Bertz CT molecular complexity index is 325. The van der Waals surface area contributed by atoms with Crippen molar-refractivity contribution in [1.82, 2.24) is 9.88 Å². The van der Waals surface area contributed by atoms with Crippen molar-refractivity contribution in [1.29, 1.82) is 0 Å². The molecule has 1 aliphatic heterocycles. The van der Waals surface area contributed by atoms with E-state index in [0.29, 0.717) is 18.9 Å². The number of nitrogens with zero attached hydrogens (tertiary/aromatic N) is 2. The third-order valence-corrected chi connectivity index (χ3v) is 3.38. The van der Waals surface area contributed by atoms with Gasteiger partial charge in [0.25, 0.3) is 0 Å². The Morgan fingerprint density at radius 1 is 1.67 bits per heavy atom. The summed E-state index contributed by atoms with van der Waals surface area (Å²) in [5.74, 6) is 0.591. The van der Waals surface area contributed by atoms with Gasteiger partial charge < -0.3 is 10.6 Å². The van der Waals surface area contributed by atoms with E-state index >= 15 is 0 Å². The van der Waals surface area contributed by atoms with Gasteiger partial charge in [-0.15, -0.1) is 11.3 Å². The van der Waals surface area contributed by atoms with Crippen molar-refractivity contribution < 1.29 is 4.79 Å². The van der Waals surface area contributed by atoms with Gasteiger partial charge in [-0.1, -0.05) is 0 Å². The molecule has 5 heteroatoms. The van der Waals surface area contributed by atoms with Crippen molar-refractivity contribution in [3.05, 3.63) is 16.6 Å². The molecule has 2 heterocycles. The van der Waals surface area contributed by atoms with E-state index in [9.17, 15) is 4.79 Å². The summed E-state index contributed by atoms with van der Waals surface area (Å²) in [6, 6.07) is 0. The molecule has 0 aromatic carbocycles. The molecule has 1 fully saturated rings. The predicted octanol–water partition coefficient (Wildman–Crippen LogP) is 0.493. The second-order valence-corrected chi connectivity index (χ2v) is 4.59. The molecule has 0 saturated carbocycles. The van der Waals surface area contributed by atoms with Gasteiger partial charge in [0, 0.05) is 31.3 Å². The molecule has 0 aliphatic carbocycles. The van der Waals surface area contributed by atoms with Crippen LogP contribution in [-0.4, -0.2) is 35.4 Å². The molecule has 0 spiro atoms. The second-order valence-electron chi connectivity index (χ2n) is 3.88. The molecule has 1 aliphatic rings. The number of carbonyl (C=O) groups excluding carboxylic acids is 1. The van der Waals surface area contributed by atoms with Gasteiger partial charge in [0.2, 0.25) is 5.91 Å². The van der Waals surface area contributed by atoms with Gasteiger partial charge in [-0.25, -0.2) is 4.98 Å². The van der Waals surface area contributed by atoms with Gasteiger partial charge in [0.05, 0.1) is 11.2 Å². The van der Waals surface area contributed by atoms with E-state index in [1.54, 1.807) is 11.3 Å². The maximum atomic E-state index is 11.6. The van der Waals surface area contributed by atoms with Crippen LogP contribution in [0.25, 0.3) is 0 Å². The standard InChI is InChI=1S/C10H15N3OS/c11-4-8-3-10(14)13(5-8)2-1-9-6-15-7-12-9/h6-8H,1-5,11H2. The molecule has 2 N–H and O–H groups in total. The van der Waals surface area contributed by atoms with Crippen LogP contribution < -0.4 is 5.73 Å². The summed E-state index contributed by atoms with van der Waals surface area (Å²) in [5.41, 5.74) is 8.46. The lowest BCUT2D eigenvalue weighted by Gasteiger charge is -2.15. The third kappa shape index (κ3) is 2.54. The van der Waals surface area contributed by atoms with Crippen LogP contribution in [0.4, 0.5) is 0 Å². The van der Waals surface area contributed by atoms with Gasteiger partial charge in [-0.05, 0) is 12.5 Å². The fraction of sp³-hybridized carbons (Fsp3) is 0.600. The summed E-state index contributed by atoms with van der Waals surface area (Å²) < 4.78 is 0. The Kier molecular flexibility index (Phi) is 3.33. The number of hydrogen-bond acceptors (Lipinski definition) is 4. The average molecular weight is 225 g/mol. The Labute approximate surface area is 93.1 Å². The fourth-order valence-electron chi connectivity index (χ4n) is 1.84. The first kappa shape index (κ1) is 10.6. The Balaban J connectivity index is 1.83. The maximum absolute atomic E-state index is 11.6. The van der Waals surface area contributed by atoms with Crippen molar-refractivity contribution in [2.75, 3.05) is 19.6 Å². The minimum Gasteiger partial charge on any atom is -0.342 e. The van der Waals surface area contributed by atoms with E-state index in [1.165, 1.54) is 0 Å². The minimum absolute atomic E-state index is 0.237. The van der Waals surface area contributed by atoms with Crippen LogP contribution in [0.5, 0.6) is 0 Å². The summed E-state index contributed by atoms with van der Waals surface area (Å²) in [5, 5.41) is 2.03. The highest BCUT2D eigenvalue weighted by Crippen LogP contribution is 2.16. The molecule has 1 atom stereocenters. The van der Waals surface area contributed by atoms with Crippen molar-refractivity contribution in [2.45, 2.75) is 12.8 Å². The highest BCUT2D eigenvalue weighted by atomic mass is 32.1. The van der Waals surface area contributed by atoms with Crippen molar-refractivity contribution >= 4 is 17.2 Å². The lowest BCUT2D eigenvalue weighted by atomic mass is 10.1. The largest absolute Gasteiger partial charge is 0.342 e. The Morgan fingerprint density at radius 3 is 3.13 bits per heavy atom. The van der Waals surface area contributed by atoms with Crippen molar-refractivity contribution in [3.8, 4) is 0 Å². The Morgan fingerprint density at radius 2 is 2.53 bits per heavy atom. The van der Waals surface area contributed by atoms with Crippen LogP contribution in [0.15, 0.2) is 10.9 Å². The summed E-state index contributed by atoms with van der Waals surface area (Å²) in [6.45, 7) is 2.21. The zero-order valence-corrected chi connectivity index (χ0v) is 9.37. The zero-order valence-electron chi connectivity index (χ0n) is 8.56. The summed E-state index contributed by atoms with van der Waals surface area (Å²) in [4.78, 5) is 17.7. The van der Waals surface area contributed by atoms with Crippen LogP contribution >= 0.6 is 11.3 Å². The molecule has 4 nitrogen and oxygen atoms in total. The SMILES string of the molecule is NCC1CC(=O)N(CCc2cscn2)C1. The zero-order chi connectivity index (χ0) is 10.7. The van der Waals surface area contributed by atoms with Crippen LogP contribution in [0, 0.1) is 5.92 Å². The van der Waals surface area contributed by atoms with Crippen LogP contribution in [0.2, 0.25) is 0 Å². The van der Waals surface area contributed by atoms with Crippen molar-refractivity contribution in [3.63, 3.8) is 0 Å². The van der Waals surface area contributed by atoms with E-state index in [1.807, 2.05) is 15.8 Å². The third-order valence-electron chi connectivity index (χ3n) is 2.75. The highest BCUT2D eigenvalue weighted by Gasteiger charge is 2.27. The van der Waals surface area contributed by atoms with Crippen LogP contribution in [0.3, 0.4) is 0 Å². The monoisotopic (exact) mass is 225 g/mol. The minimum atomic E-state index is 0.237. The summed E-state index contributed by atoms with van der Waals surface area (Å²) in [6.07, 6.45) is 1.47. The first-order valence-corrected chi connectivity index (χ1v) is 6.08. The highest BCUT2D eigenvalue weighted by molar-refractivity contribution is 7.07. The molecule has 1 unspecified atom stereocenters. The van der Waals surface area contributed by atoms with E-state index in [0.717, 1.165) is 25.2 Å².